The minimum atomic E-state index is -0.428. The summed E-state index contributed by atoms with van der Waals surface area (Å²) in [6, 6.07) is 0.471. The molecular formula is C16H29N5O2. The molecule has 1 atom stereocenters. The number of carbonyl (C=O) groups excluding carboxylic acids is 1. The van der Waals surface area contributed by atoms with Crippen LogP contribution in [-0.2, 0) is 11.3 Å². The van der Waals surface area contributed by atoms with Gasteiger partial charge < -0.3 is 15.0 Å². The predicted octanol–water partition coefficient (Wildman–Crippen LogP) is 2.05. The molecule has 1 amide bonds. The van der Waals surface area contributed by atoms with Crippen molar-refractivity contribution in [3.63, 3.8) is 0 Å². The Balaban J connectivity index is 1.66. The molecule has 1 N–H and O–H groups in total. The Hall–Kier alpha value is -1.63. The Morgan fingerprint density at radius 3 is 2.87 bits per heavy atom. The number of rotatable bonds is 5. The first kappa shape index (κ1) is 17.7. The van der Waals surface area contributed by atoms with Crippen molar-refractivity contribution in [1.29, 1.82) is 0 Å². The molecule has 7 nitrogen and oxygen atoms in total. The summed E-state index contributed by atoms with van der Waals surface area (Å²) in [5.41, 5.74) is -0.428. The van der Waals surface area contributed by atoms with Crippen LogP contribution in [0.15, 0.2) is 12.4 Å². The second kappa shape index (κ2) is 8.29. The predicted molar refractivity (Wildman–Crippen MR) is 88.1 cm³/mol. The van der Waals surface area contributed by atoms with Crippen molar-refractivity contribution in [2.24, 2.45) is 0 Å². The van der Waals surface area contributed by atoms with Gasteiger partial charge in [-0.3, -0.25) is 4.68 Å². The van der Waals surface area contributed by atoms with Crippen LogP contribution >= 0.6 is 0 Å². The number of amides is 1. The molecule has 0 spiro atoms. The first-order chi connectivity index (χ1) is 10.9. The fourth-order valence-corrected chi connectivity index (χ4v) is 2.71. The molecule has 0 aliphatic carbocycles. The van der Waals surface area contributed by atoms with Gasteiger partial charge >= 0.3 is 6.09 Å². The summed E-state index contributed by atoms with van der Waals surface area (Å²) >= 11 is 0. The lowest BCUT2D eigenvalue weighted by atomic mass is 10.1. The van der Waals surface area contributed by atoms with Crippen molar-refractivity contribution in [2.75, 3.05) is 19.6 Å². The van der Waals surface area contributed by atoms with Crippen molar-refractivity contribution < 1.29 is 9.53 Å². The fourth-order valence-electron chi connectivity index (χ4n) is 2.71. The lowest BCUT2D eigenvalue weighted by Crippen LogP contribution is -2.38. The van der Waals surface area contributed by atoms with Crippen LogP contribution in [0.3, 0.4) is 0 Å². The number of aryl methyl sites for hydroxylation is 1. The number of nitrogens with one attached hydrogen (secondary N) is 1. The molecule has 2 rings (SSSR count). The zero-order valence-electron chi connectivity index (χ0n) is 14.5. The summed E-state index contributed by atoms with van der Waals surface area (Å²) in [4.78, 5) is 14.0. The molecule has 0 saturated carbocycles. The lowest BCUT2D eigenvalue weighted by Gasteiger charge is -2.26. The van der Waals surface area contributed by atoms with Crippen LogP contribution in [0.4, 0.5) is 4.79 Å². The summed E-state index contributed by atoms with van der Waals surface area (Å²) in [5.74, 6) is 0. The summed E-state index contributed by atoms with van der Waals surface area (Å²) in [5, 5.41) is 11.3. The van der Waals surface area contributed by atoms with E-state index in [1.807, 2.05) is 36.5 Å². The quantitative estimate of drug-likeness (QED) is 0.840. The molecule has 0 radical (unpaired) electrons. The Labute approximate surface area is 138 Å². The van der Waals surface area contributed by atoms with E-state index in [0.717, 1.165) is 51.9 Å². The Morgan fingerprint density at radius 1 is 1.35 bits per heavy atom. The van der Waals surface area contributed by atoms with E-state index in [2.05, 4.69) is 15.6 Å². The van der Waals surface area contributed by atoms with Crippen LogP contribution < -0.4 is 5.32 Å². The van der Waals surface area contributed by atoms with E-state index in [0.29, 0.717) is 6.04 Å². The highest BCUT2D eigenvalue weighted by Crippen LogP contribution is 2.15. The Morgan fingerprint density at radius 2 is 2.17 bits per heavy atom. The maximum absolute atomic E-state index is 12.1. The fraction of sp³-hybridized carbons (Fsp3) is 0.812. The van der Waals surface area contributed by atoms with Crippen LogP contribution in [-0.4, -0.2) is 57.3 Å². The summed E-state index contributed by atoms with van der Waals surface area (Å²) in [7, 11) is 0. The first-order valence-corrected chi connectivity index (χ1v) is 8.49. The highest BCUT2D eigenvalue weighted by atomic mass is 16.6. The topological polar surface area (TPSA) is 72.3 Å². The molecule has 130 valence electrons. The molecular weight excluding hydrogens is 294 g/mol. The van der Waals surface area contributed by atoms with Gasteiger partial charge in [0.25, 0.3) is 0 Å². The number of carbonyl (C=O) groups is 1. The molecule has 1 aliphatic heterocycles. The number of nitrogens with zero attached hydrogens (tertiary/aromatic N) is 4. The van der Waals surface area contributed by atoms with Crippen molar-refractivity contribution in [1.82, 2.24) is 25.2 Å². The molecule has 1 saturated heterocycles. The van der Waals surface area contributed by atoms with Gasteiger partial charge in [-0.1, -0.05) is 5.21 Å². The van der Waals surface area contributed by atoms with Crippen LogP contribution in [0.2, 0.25) is 0 Å². The second-order valence-electron chi connectivity index (χ2n) is 7.07. The van der Waals surface area contributed by atoms with Gasteiger partial charge in [-0.05, 0) is 53.0 Å². The van der Waals surface area contributed by atoms with Gasteiger partial charge in [0.1, 0.15) is 5.60 Å². The van der Waals surface area contributed by atoms with Crippen molar-refractivity contribution in [3.8, 4) is 0 Å². The van der Waals surface area contributed by atoms with Gasteiger partial charge in [-0.2, -0.15) is 0 Å². The third-order valence-electron chi connectivity index (χ3n) is 3.85. The van der Waals surface area contributed by atoms with E-state index in [9.17, 15) is 4.79 Å². The van der Waals surface area contributed by atoms with Crippen molar-refractivity contribution in [2.45, 2.75) is 64.6 Å². The van der Waals surface area contributed by atoms with Crippen molar-refractivity contribution >= 4 is 6.09 Å². The molecule has 23 heavy (non-hydrogen) atoms. The summed E-state index contributed by atoms with van der Waals surface area (Å²) in [6.45, 7) is 9.09. The average Bonchev–Trinajstić information content (AvgIpc) is 2.86. The average molecular weight is 323 g/mol. The van der Waals surface area contributed by atoms with E-state index in [1.54, 1.807) is 6.20 Å². The van der Waals surface area contributed by atoms with E-state index in [-0.39, 0.29) is 6.09 Å². The van der Waals surface area contributed by atoms with Crippen molar-refractivity contribution in [3.05, 3.63) is 12.4 Å². The molecule has 1 aliphatic rings. The SMILES string of the molecule is CC(C)(C)OC(=O)N1CCCC(NCCCn2ccnn2)CC1. The zero-order chi connectivity index (χ0) is 16.7. The third kappa shape index (κ3) is 6.56. The molecule has 1 aromatic heterocycles. The number of ether oxygens (including phenoxy) is 1. The maximum Gasteiger partial charge on any atom is 0.410 e. The summed E-state index contributed by atoms with van der Waals surface area (Å²) in [6.07, 6.45) is 7.50. The van der Waals surface area contributed by atoms with Crippen LogP contribution in [0, 0.1) is 0 Å². The number of likely N-dealkylation sites (tertiary alicyclic amines) is 1. The zero-order valence-corrected chi connectivity index (χ0v) is 14.5. The minimum Gasteiger partial charge on any atom is -0.444 e. The molecule has 7 heteroatoms. The smallest absolute Gasteiger partial charge is 0.410 e. The van der Waals surface area contributed by atoms with Gasteiger partial charge in [0.05, 0.1) is 6.20 Å². The first-order valence-electron chi connectivity index (χ1n) is 8.49. The van der Waals surface area contributed by atoms with Gasteiger partial charge in [-0.25, -0.2) is 4.79 Å². The van der Waals surface area contributed by atoms with Gasteiger partial charge in [0.2, 0.25) is 0 Å². The van der Waals surface area contributed by atoms with Crippen LogP contribution in [0.1, 0.15) is 46.5 Å². The lowest BCUT2D eigenvalue weighted by molar-refractivity contribution is 0.0256. The number of hydrogen-bond acceptors (Lipinski definition) is 5. The van der Waals surface area contributed by atoms with E-state index >= 15 is 0 Å². The number of hydrogen-bond donors (Lipinski definition) is 1. The molecule has 1 aromatic rings. The van der Waals surface area contributed by atoms with Crippen LogP contribution in [0.25, 0.3) is 0 Å². The second-order valence-corrected chi connectivity index (χ2v) is 7.07. The molecule has 0 aromatic carbocycles. The van der Waals surface area contributed by atoms with Gasteiger partial charge in [0, 0.05) is 31.9 Å². The van der Waals surface area contributed by atoms with Gasteiger partial charge in [-0.15, -0.1) is 5.10 Å². The largest absolute Gasteiger partial charge is 0.444 e. The Bertz CT molecular complexity index is 469. The highest BCUT2D eigenvalue weighted by molar-refractivity contribution is 5.68. The highest BCUT2D eigenvalue weighted by Gasteiger charge is 2.24. The Kier molecular flexibility index (Phi) is 6.38. The van der Waals surface area contributed by atoms with Crippen LogP contribution in [0.5, 0.6) is 0 Å². The van der Waals surface area contributed by atoms with E-state index in [1.165, 1.54) is 0 Å². The maximum atomic E-state index is 12.1. The number of aromatic nitrogens is 3. The normalized spacial score (nSPS) is 19.4. The molecule has 2 heterocycles. The summed E-state index contributed by atoms with van der Waals surface area (Å²) < 4.78 is 7.31. The molecule has 1 fully saturated rings. The third-order valence-corrected chi connectivity index (χ3v) is 3.85. The standard InChI is InChI=1S/C16H29N5O2/c1-16(2,3)23-15(22)20-10-4-6-14(7-12-20)17-8-5-11-21-13-9-18-19-21/h9,13-14,17H,4-8,10-12H2,1-3H3. The molecule has 1 unspecified atom stereocenters. The monoisotopic (exact) mass is 323 g/mol. The van der Waals surface area contributed by atoms with E-state index in [4.69, 9.17) is 4.74 Å². The molecule has 0 bridgehead atoms. The van der Waals surface area contributed by atoms with E-state index < -0.39 is 5.60 Å². The minimum absolute atomic E-state index is 0.190. The van der Waals surface area contributed by atoms with Gasteiger partial charge in [0.15, 0.2) is 0 Å².